The molecule has 0 unspecified atom stereocenters. The zero-order chi connectivity index (χ0) is 23.6. The van der Waals surface area contributed by atoms with Gasteiger partial charge in [0.1, 0.15) is 5.75 Å². The maximum absolute atomic E-state index is 12.4. The van der Waals surface area contributed by atoms with Crippen molar-refractivity contribution in [3.8, 4) is 5.75 Å². The number of benzene rings is 2. The summed E-state index contributed by atoms with van der Waals surface area (Å²) in [5, 5.41) is 16.9. The van der Waals surface area contributed by atoms with Crippen LogP contribution in [0, 0.1) is 24.0 Å². The highest BCUT2D eigenvalue weighted by Crippen LogP contribution is 2.38. The van der Waals surface area contributed by atoms with Crippen molar-refractivity contribution in [2.45, 2.75) is 59.3 Å². The van der Waals surface area contributed by atoms with E-state index in [2.05, 4.69) is 44.5 Å². The van der Waals surface area contributed by atoms with Gasteiger partial charge in [-0.1, -0.05) is 32.4 Å². The Bertz CT molecular complexity index is 980. The van der Waals surface area contributed by atoms with Gasteiger partial charge in [0.25, 0.3) is 5.69 Å². The number of anilines is 1. The minimum absolute atomic E-state index is 0.0665. The maximum Gasteiger partial charge on any atom is 0.319 e. The van der Waals surface area contributed by atoms with Gasteiger partial charge in [-0.3, -0.25) is 10.1 Å². The zero-order valence-electron chi connectivity index (χ0n) is 19.1. The largest absolute Gasteiger partial charge is 0.543 e. The minimum atomic E-state index is -1.97. The standard InChI is InChI=1S/C22H30ClN3O4Si/c1-14-10-18(30-31(6,7)22(3,4)5)11-15(2)20(14)25-21(27)24-13-16-12-17(26(28)29)8-9-19(16)23/h8-12H,13H2,1-7H3,(H2,24,25,27). The lowest BCUT2D eigenvalue weighted by molar-refractivity contribution is -0.384. The molecule has 0 saturated heterocycles. The summed E-state index contributed by atoms with van der Waals surface area (Å²) >= 11 is 6.09. The van der Waals surface area contributed by atoms with Gasteiger partial charge in [0.15, 0.2) is 0 Å². The summed E-state index contributed by atoms with van der Waals surface area (Å²) in [5.74, 6) is 0.802. The van der Waals surface area contributed by atoms with Crippen LogP contribution in [0.25, 0.3) is 0 Å². The monoisotopic (exact) mass is 463 g/mol. The van der Waals surface area contributed by atoms with Crippen molar-refractivity contribution in [2.75, 3.05) is 5.32 Å². The first-order valence-electron chi connectivity index (χ1n) is 9.99. The molecule has 2 aromatic carbocycles. The van der Waals surface area contributed by atoms with Gasteiger partial charge in [-0.15, -0.1) is 0 Å². The molecule has 0 aromatic heterocycles. The molecule has 168 valence electrons. The fourth-order valence-corrected chi connectivity index (χ4v) is 3.97. The number of urea groups is 1. The SMILES string of the molecule is Cc1cc(O[Si](C)(C)C(C)(C)C)cc(C)c1NC(=O)NCc1cc([N+](=O)[O-])ccc1Cl. The maximum atomic E-state index is 12.4. The zero-order valence-corrected chi connectivity index (χ0v) is 20.8. The van der Waals surface area contributed by atoms with Crippen LogP contribution in [0.15, 0.2) is 30.3 Å². The van der Waals surface area contributed by atoms with Crippen molar-refractivity contribution in [3.63, 3.8) is 0 Å². The number of nitro benzene ring substituents is 1. The third-order valence-electron chi connectivity index (χ3n) is 5.60. The number of hydrogen-bond donors (Lipinski definition) is 2. The van der Waals surface area contributed by atoms with Crippen molar-refractivity contribution in [1.29, 1.82) is 0 Å². The van der Waals surface area contributed by atoms with Crippen LogP contribution >= 0.6 is 11.6 Å². The molecule has 2 aromatic rings. The van der Waals surface area contributed by atoms with Crippen LogP contribution in [0.2, 0.25) is 23.2 Å². The van der Waals surface area contributed by atoms with Crippen LogP contribution < -0.4 is 15.1 Å². The van der Waals surface area contributed by atoms with Crippen molar-refractivity contribution in [1.82, 2.24) is 5.32 Å². The van der Waals surface area contributed by atoms with Crippen molar-refractivity contribution in [3.05, 3.63) is 62.2 Å². The molecule has 9 heteroatoms. The van der Waals surface area contributed by atoms with Gasteiger partial charge in [0.05, 0.1) is 4.92 Å². The van der Waals surface area contributed by atoms with E-state index >= 15 is 0 Å². The van der Waals surface area contributed by atoms with Crippen LogP contribution in [-0.2, 0) is 6.54 Å². The van der Waals surface area contributed by atoms with Gasteiger partial charge >= 0.3 is 6.03 Å². The Morgan fingerprint density at radius 1 is 1.16 bits per heavy atom. The van der Waals surface area contributed by atoms with Crippen LogP contribution in [-0.4, -0.2) is 19.3 Å². The van der Waals surface area contributed by atoms with E-state index in [0.29, 0.717) is 16.3 Å². The molecule has 0 spiro atoms. The number of nitrogens with zero attached hydrogens (tertiary/aromatic N) is 1. The number of nitrogens with one attached hydrogen (secondary N) is 2. The van der Waals surface area contributed by atoms with Crippen molar-refractivity contribution in [2.24, 2.45) is 0 Å². The Balaban J connectivity index is 2.10. The van der Waals surface area contributed by atoms with Gasteiger partial charge in [-0.05, 0) is 66.9 Å². The molecule has 0 radical (unpaired) electrons. The number of carbonyl (C=O) groups is 1. The number of halogens is 1. The third kappa shape index (κ3) is 6.21. The van der Waals surface area contributed by atoms with Gasteiger partial charge < -0.3 is 15.1 Å². The first kappa shape index (κ1) is 24.7. The van der Waals surface area contributed by atoms with Crippen molar-refractivity contribution >= 4 is 37.3 Å². The quantitative estimate of drug-likeness (QED) is 0.287. The Morgan fingerprint density at radius 3 is 2.26 bits per heavy atom. The van der Waals surface area contributed by atoms with E-state index in [0.717, 1.165) is 16.9 Å². The van der Waals surface area contributed by atoms with E-state index in [9.17, 15) is 14.9 Å². The van der Waals surface area contributed by atoms with Gasteiger partial charge in [-0.2, -0.15) is 0 Å². The smallest absolute Gasteiger partial charge is 0.319 e. The van der Waals surface area contributed by atoms with E-state index < -0.39 is 19.3 Å². The second kappa shape index (κ2) is 9.28. The second-order valence-corrected chi connectivity index (χ2v) is 14.3. The Morgan fingerprint density at radius 2 is 1.74 bits per heavy atom. The Labute approximate surface area is 189 Å². The van der Waals surface area contributed by atoms with Crippen LogP contribution in [0.1, 0.15) is 37.5 Å². The molecule has 0 saturated carbocycles. The summed E-state index contributed by atoms with van der Waals surface area (Å²) in [6.45, 7) is 14.8. The number of nitro groups is 1. The molecule has 0 aliphatic rings. The van der Waals surface area contributed by atoms with Crippen molar-refractivity contribution < 1.29 is 14.1 Å². The molecule has 31 heavy (non-hydrogen) atoms. The second-order valence-electron chi connectivity index (χ2n) is 9.13. The number of amides is 2. The van der Waals surface area contributed by atoms with E-state index in [1.54, 1.807) is 0 Å². The Kier molecular flexibility index (Phi) is 7.39. The fourth-order valence-electron chi connectivity index (χ4n) is 2.77. The normalized spacial score (nSPS) is 11.7. The average molecular weight is 464 g/mol. The van der Waals surface area contributed by atoms with E-state index in [1.165, 1.54) is 18.2 Å². The molecule has 0 aliphatic heterocycles. The summed E-state index contributed by atoms with van der Waals surface area (Å²) in [4.78, 5) is 22.9. The highest BCUT2D eigenvalue weighted by molar-refractivity contribution is 6.74. The number of carbonyl (C=O) groups excluding carboxylic acids is 1. The molecule has 2 N–H and O–H groups in total. The Hall–Kier alpha value is -2.58. The lowest BCUT2D eigenvalue weighted by atomic mass is 10.1. The van der Waals surface area contributed by atoms with Gasteiger partial charge in [0.2, 0.25) is 8.32 Å². The molecule has 0 atom stereocenters. The summed E-state index contributed by atoms with van der Waals surface area (Å²) in [6, 6.07) is 7.57. The number of non-ortho nitro benzene ring substituents is 1. The van der Waals surface area contributed by atoms with Crippen LogP contribution in [0.5, 0.6) is 5.75 Å². The molecule has 2 rings (SSSR count). The van der Waals surface area contributed by atoms with E-state index in [1.807, 2.05) is 26.0 Å². The summed E-state index contributed by atoms with van der Waals surface area (Å²) in [6.07, 6.45) is 0. The topological polar surface area (TPSA) is 93.5 Å². The summed E-state index contributed by atoms with van der Waals surface area (Å²) in [7, 11) is -1.97. The molecule has 2 amide bonds. The van der Waals surface area contributed by atoms with Crippen LogP contribution in [0.3, 0.4) is 0 Å². The average Bonchev–Trinajstić information content (AvgIpc) is 2.62. The molecule has 0 aliphatic carbocycles. The van der Waals surface area contributed by atoms with Gasteiger partial charge in [0, 0.05) is 29.4 Å². The molecular formula is C22H30ClN3O4Si. The molecule has 0 fully saturated rings. The molecule has 0 bridgehead atoms. The highest BCUT2D eigenvalue weighted by atomic mass is 35.5. The lowest BCUT2D eigenvalue weighted by Gasteiger charge is -2.36. The number of hydrogen-bond acceptors (Lipinski definition) is 4. The summed E-state index contributed by atoms with van der Waals surface area (Å²) < 4.78 is 6.38. The minimum Gasteiger partial charge on any atom is -0.543 e. The predicted octanol–water partition coefficient (Wildman–Crippen LogP) is 6.57. The molecule has 7 nitrogen and oxygen atoms in total. The van der Waals surface area contributed by atoms with E-state index in [-0.39, 0.29) is 17.3 Å². The number of rotatable bonds is 6. The predicted molar refractivity (Wildman–Crippen MR) is 128 cm³/mol. The lowest BCUT2D eigenvalue weighted by Crippen LogP contribution is -2.43. The molecule has 0 heterocycles. The molecular weight excluding hydrogens is 434 g/mol. The fraction of sp³-hybridized carbons (Fsp3) is 0.409. The van der Waals surface area contributed by atoms with Gasteiger partial charge in [-0.25, -0.2) is 4.79 Å². The third-order valence-corrected chi connectivity index (χ3v) is 10.3. The first-order chi connectivity index (χ1) is 14.2. The summed E-state index contributed by atoms with van der Waals surface area (Å²) in [5.41, 5.74) is 2.86. The van der Waals surface area contributed by atoms with Crippen LogP contribution in [0.4, 0.5) is 16.2 Å². The van der Waals surface area contributed by atoms with E-state index in [4.69, 9.17) is 16.0 Å². The number of aryl methyl sites for hydroxylation is 2. The first-order valence-corrected chi connectivity index (χ1v) is 13.3. The highest BCUT2D eigenvalue weighted by Gasteiger charge is 2.39.